The Hall–Kier alpha value is -1.97. The van der Waals surface area contributed by atoms with Gasteiger partial charge in [-0.2, -0.15) is 0 Å². The topological polar surface area (TPSA) is 54.5 Å². The summed E-state index contributed by atoms with van der Waals surface area (Å²) in [6.07, 6.45) is 0.144. The van der Waals surface area contributed by atoms with Crippen LogP contribution in [-0.2, 0) is 4.79 Å². The summed E-state index contributed by atoms with van der Waals surface area (Å²) in [6, 6.07) is 6.45. The van der Waals surface area contributed by atoms with E-state index < -0.39 is 17.7 Å². The van der Waals surface area contributed by atoms with Crippen LogP contribution < -0.4 is 0 Å². The molecule has 0 aliphatic carbocycles. The van der Waals surface area contributed by atoms with Crippen LogP contribution in [0, 0.1) is 0 Å². The maximum atomic E-state index is 11.7. The maximum Gasteiger partial charge on any atom is 0.268 e. The smallest absolute Gasteiger partial charge is 0.268 e. The summed E-state index contributed by atoms with van der Waals surface area (Å²) in [4.78, 5) is 35.5. The number of fused-ring (bicyclic) bond motifs is 1. The van der Waals surface area contributed by atoms with Gasteiger partial charge in [-0.1, -0.05) is 19.1 Å². The first-order valence-electron chi connectivity index (χ1n) is 4.67. The Morgan fingerprint density at radius 1 is 1.13 bits per heavy atom. The second-order valence-corrected chi connectivity index (χ2v) is 3.24. The van der Waals surface area contributed by atoms with Gasteiger partial charge >= 0.3 is 0 Å². The molecular formula is C11H9NO3. The molecule has 2 rings (SSSR count). The van der Waals surface area contributed by atoms with E-state index in [9.17, 15) is 14.4 Å². The largest absolute Gasteiger partial charge is 0.274 e. The van der Waals surface area contributed by atoms with E-state index in [4.69, 9.17) is 0 Å². The zero-order valence-corrected chi connectivity index (χ0v) is 8.19. The molecule has 0 radical (unpaired) electrons. The van der Waals surface area contributed by atoms with Crippen LogP contribution in [-0.4, -0.2) is 22.6 Å². The fourth-order valence-electron chi connectivity index (χ4n) is 1.57. The van der Waals surface area contributed by atoms with Crippen LogP contribution in [0.15, 0.2) is 24.3 Å². The molecule has 4 heteroatoms. The highest BCUT2D eigenvalue weighted by molar-refractivity contribution is 6.28. The summed E-state index contributed by atoms with van der Waals surface area (Å²) in [5.41, 5.74) is 0.619. The minimum absolute atomic E-state index is 0.144. The van der Waals surface area contributed by atoms with Crippen molar-refractivity contribution in [3.8, 4) is 0 Å². The first-order chi connectivity index (χ1) is 7.16. The molecule has 0 unspecified atom stereocenters. The lowest BCUT2D eigenvalue weighted by atomic mass is 10.1. The summed E-state index contributed by atoms with van der Waals surface area (Å²) in [5, 5.41) is 0. The maximum absolute atomic E-state index is 11.7. The van der Waals surface area contributed by atoms with E-state index in [0.717, 1.165) is 0 Å². The molecule has 0 saturated carbocycles. The highest BCUT2D eigenvalue weighted by atomic mass is 16.2. The lowest BCUT2D eigenvalue weighted by Gasteiger charge is -2.09. The molecule has 0 bridgehead atoms. The molecule has 3 amide bonds. The minimum atomic E-state index is -0.512. The number of carbonyl (C=O) groups is 3. The van der Waals surface area contributed by atoms with Gasteiger partial charge in [-0.05, 0) is 12.1 Å². The van der Waals surface area contributed by atoms with Gasteiger partial charge in [0.2, 0.25) is 5.91 Å². The predicted molar refractivity (Wildman–Crippen MR) is 52.2 cm³/mol. The molecule has 1 heterocycles. The first kappa shape index (κ1) is 9.58. The Kier molecular flexibility index (Phi) is 2.11. The highest BCUT2D eigenvalue weighted by Gasteiger charge is 2.38. The molecule has 0 fully saturated rings. The van der Waals surface area contributed by atoms with Gasteiger partial charge < -0.3 is 0 Å². The van der Waals surface area contributed by atoms with E-state index in [1.54, 1.807) is 31.2 Å². The third-order valence-corrected chi connectivity index (χ3v) is 2.35. The summed E-state index contributed by atoms with van der Waals surface area (Å²) in [6.45, 7) is 1.62. The molecule has 0 atom stereocenters. The lowest BCUT2D eigenvalue weighted by Crippen LogP contribution is -2.35. The summed E-state index contributed by atoms with van der Waals surface area (Å²) in [7, 11) is 0. The zero-order valence-electron chi connectivity index (χ0n) is 8.19. The van der Waals surface area contributed by atoms with Crippen LogP contribution in [0.3, 0.4) is 0 Å². The van der Waals surface area contributed by atoms with Crippen molar-refractivity contribution in [2.45, 2.75) is 13.3 Å². The molecule has 4 nitrogen and oxygen atoms in total. The minimum Gasteiger partial charge on any atom is -0.274 e. The Labute approximate surface area is 86.5 Å². The van der Waals surface area contributed by atoms with Crippen LogP contribution >= 0.6 is 0 Å². The number of hydrogen-bond donors (Lipinski definition) is 0. The number of nitrogens with zero attached hydrogens (tertiary/aromatic N) is 1. The molecule has 15 heavy (non-hydrogen) atoms. The number of rotatable bonds is 1. The SMILES string of the molecule is CCC(=O)N1C(=O)c2ccccc2C1=O. The van der Waals surface area contributed by atoms with E-state index in [0.29, 0.717) is 16.0 Å². The van der Waals surface area contributed by atoms with Crippen molar-refractivity contribution in [1.29, 1.82) is 0 Å². The van der Waals surface area contributed by atoms with Crippen molar-refractivity contribution in [3.63, 3.8) is 0 Å². The van der Waals surface area contributed by atoms with Crippen molar-refractivity contribution in [2.24, 2.45) is 0 Å². The molecule has 76 valence electrons. The van der Waals surface area contributed by atoms with E-state index in [1.165, 1.54) is 0 Å². The lowest BCUT2D eigenvalue weighted by molar-refractivity contribution is -0.125. The monoisotopic (exact) mass is 203 g/mol. The Bertz CT molecular complexity index is 430. The van der Waals surface area contributed by atoms with Crippen molar-refractivity contribution in [3.05, 3.63) is 35.4 Å². The van der Waals surface area contributed by atoms with Crippen LogP contribution in [0.5, 0.6) is 0 Å². The molecular weight excluding hydrogens is 194 g/mol. The Balaban J connectivity index is 2.50. The normalized spacial score (nSPS) is 14.3. The molecule has 0 aromatic heterocycles. The van der Waals surface area contributed by atoms with Crippen molar-refractivity contribution >= 4 is 17.7 Å². The average molecular weight is 203 g/mol. The number of imide groups is 3. The predicted octanol–water partition coefficient (Wildman–Crippen LogP) is 1.22. The fraction of sp³-hybridized carbons (Fsp3) is 0.182. The van der Waals surface area contributed by atoms with Crippen LogP contribution in [0.4, 0.5) is 0 Å². The number of hydrogen-bond acceptors (Lipinski definition) is 3. The number of carbonyl (C=O) groups excluding carboxylic acids is 3. The molecule has 1 aromatic carbocycles. The van der Waals surface area contributed by atoms with Crippen molar-refractivity contribution in [1.82, 2.24) is 4.90 Å². The van der Waals surface area contributed by atoms with E-state index in [-0.39, 0.29) is 6.42 Å². The highest BCUT2D eigenvalue weighted by Crippen LogP contribution is 2.22. The van der Waals surface area contributed by atoms with Crippen LogP contribution in [0.1, 0.15) is 34.1 Å². The summed E-state index contributed by atoms with van der Waals surface area (Å²) in [5.74, 6) is -1.48. The van der Waals surface area contributed by atoms with Gasteiger partial charge in [-0.3, -0.25) is 14.4 Å². The van der Waals surface area contributed by atoms with Gasteiger partial charge in [0.1, 0.15) is 0 Å². The molecule has 1 aromatic rings. The van der Waals surface area contributed by atoms with E-state index >= 15 is 0 Å². The van der Waals surface area contributed by atoms with E-state index in [2.05, 4.69) is 0 Å². The molecule has 0 N–H and O–H groups in total. The summed E-state index contributed by atoms with van der Waals surface area (Å²) >= 11 is 0. The number of benzene rings is 1. The van der Waals surface area contributed by atoms with Crippen LogP contribution in [0.25, 0.3) is 0 Å². The second-order valence-electron chi connectivity index (χ2n) is 3.24. The number of amides is 3. The third-order valence-electron chi connectivity index (χ3n) is 2.35. The van der Waals surface area contributed by atoms with Gasteiger partial charge in [0.15, 0.2) is 0 Å². The van der Waals surface area contributed by atoms with E-state index in [1.807, 2.05) is 0 Å². The molecule has 0 spiro atoms. The van der Waals surface area contributed by atoms with Crippen LogP contribution in [0.2, 0.25) is 0 Å². The Morgan fingerprint density at radius 3 is 2.00 bits per heavy atom. The fourth-order valence-corrected chi connectivity index (χ4v) is 1.57. The van der Waals surface area contributed by atoms with Gasteiger partial charge in [-0.25, -0.2) is 4.90 Å². The average Bonchev–Trinajstić information content (AvgIpc) is 2.52. The quantitative estimate of drug-likeness (QED) is 0.645. The standard InChI is InChI=1S/C11H9NO3/c1-2-9(13)12-10(14)7-5-3-4-6-8(7)11(12)15/h3-6H,2H2,1H3. The van der Waals surface area contributed by atoms with Gasteiger partial charge in [0, 0.05) is 6.42 Å². The van der Waals surface area contributed by atoms with Gasteiger partial charge in [0.25, 0.3) is 11.8 Å². The first-order valence-corrected chi connectivity index (χ1v) is 4.67. The second kappa shape index (κ2) is 3.31. The van der Waals surface area contributed by atoms with Crippen molar-refractivity contribution < 1.29 is 14.4 Å². The van der Waals surface area contributed by atoms with Gasteiger partial charge in [0.05, 0.1) is 11.1 Å². The third kappa shape index (κ3) is 1.26. The zero-order chi connectivity index (χ0) is 11.0. The summed E-state index contributed by atoms with van der Waals surface area (Å²) < 4.78 is 0. The molecule has 1 aliphatic rings. The Morgan fingerprint density at radius 2 is 1.60 bits per heavy atom. The molecule has 1 aliphatic heterocycles. The van der Waals surface area contributed by atoms with Gasteiger partial charge in [-0.15, -0.1) is 0 Å². The molecule has 0 saturated heterocycles. The van der Waals surface area contributed by atoms with Crippen molar-refractivity contribution in [2.75, 3.05) is 0 Å².